The number of sulfone groups is 1. The van der Waals surface area contributed by atoms with E-state index in [-0.39, 0.29) is 9.79 Å². The van der Waals surface area contributed by atoms with Crippen molar-refractivity contribution in [1.82, 2.24) is 0 Å². The summed E-state index contributed by atoms with van der Waals surface area (Å²) < 4.78 is 25.7. The maximum atomic E-state index is 12.9. The topological polar surface area (TPSA) is 86.2 Å². The van der Waals surface area contributed by atoms with Gasteiger partial charge in [-0.15, -0.1) is 0 Å². The molecule has 0 amide bonds. The number of benzene rings is 2. The summed E-state index contributed by atoms with van der Waals surface area (Å²) in [7, 11) is -3.72. The standard InChI is InChI=1S/C16H20N2O2S/c1-3-11-7-5-9-13(15(11)17)21(19,20)14-10-6-8-12(4-2)16(14)18/h5-10H,3-4,17-18H2,1-2H3. The number of anilines is 2. The van der Waals surface area contributed by atoms with Crippen molar-refractivity contribution in [3.63, 3.8) is 0 Å². The summed E-state index contributed by atoms with van der Waals surface area (Å²) in [6.07, 6.45) is 1.36. The Hall–Kier alpha value is -2.01. The lowest BCUT2D eigenvalue weighted by molar-refractivity contribution is 0.596. The number of hydrogen-bond donors (Lipinski definition) is 2. The van der Waals surface area contributed by atoms with Crippen LogP contribution in [0.5, 0.6) is 0 Å². The summed E-state index contributed by atoms with van der Waals surface area (Å²) >= 11 is 0. The number of nitrogen functional groups attached to an aromatic ring is 2. The third kappa shape index (κ3) is 2.61. The van der Waals surface area contributed by atoms with E-state index in [2.05, 4.69) is 0 Å². The first-order chi connectivity index (χ1) is 9.93. The van der Waals surface area contributed by atoms with E-state index in [9.17, 15) is 8.42 Å². The van der Waals surface area contributed by atoms with Crippen molar-refractivity contribution in [3.05, 3.63) is 47.5 Å². The van der Waals surface area contributed by atoms with Crippen molar-refractivity contribution in [1.29, 1.82) is 0 Å². The fraction of sp³-hybridized carbons (Fsp3) is 0.250. The Morgan fingerprint density at radius 1 is 0.810 bits per heavy atom. The summed E-state index contributed by atoms with van der Waals surface area (Å²) in [6.45, 7) is 3.88. The van der Waals surface area contributed by atoms with Crippen molar-refractivity contribution in [2.45, 2.75) is 36.5 Å². The Labute approximate surface area is 125 Å². The molecule has 0 radical (unpaired) electrons. The van der Waals surface area contributed by atoms with Gasteiger partial charge in [0, 0.05) is 0 Å². The minimum Gasteiger partial charge on any atom is -0.397 e. The van der Waals surface area contributed by atoms with Gasteiger partial charge < -0.3 is 11.5 Å². The van der Waals surface area contributed by atoms with Gasteiger partial charge in [-0.25, -0.2) is 8.42 Å². The first kappa shape index (κ1) is 15.4. The van der Waals surface area contributed by atoms with Crippen molar-refractivity contribution >= 4 is 21.2 Å². The highest BCUT2D eigenvalue weighted by Crippen LogP contribution is 2.32. The van der Waals surface area contributed by atoms with Crippen LogP contribution in [0, 0.1) is 0 Å². The molecule has 2 rings (SSSR count). The van der Waals surface area contributed by atoms with Gasteiger partial charge in [0.15, 0.2) is 0 Å². The Balaban J connectivity index is 2.69. The lowest BCUT2D eigenvalue weighted by atomic mass is 10.1. The highest BCUT2D eigenvalue weighted by atomic mass is 32.2. The molecule has 5 heteroatoms. The molecule has 4 nitrogen and oxygen atoms in total. The van der Waals surface area contributed by atoms with Crippen LogP contribution in [0.1, 0.15) is 25.0 Å². The number of para-hydroxylation sites is 2. The molecule has 0 aromatic heterocycles. The first-order valence-corrected chi connectivity index (χ1v) is 8.41. The second-order valence-electron chi connectivity index (χ2n) is 4.87. The number of aryl methyl sites for hydroxylation is 2. The van der Waals surface area contributed by atoms with Crippen LogP contribution in [-0.2, 0) is 22.7 Å². The maximum absolute atomic E-state index is 12.9. The van der Waals surface area contributed by atoms with E-state index in [0.29, 0.717) is 24.2 Å². The third-order valence-electron chi connectivity index (χ3n) is 3.65. The van der Waals surface area contributed by atoms with Crippen molar-refractivity contribution in [3.8, 4) is 0 Å². The lowest BCUT2D eigenvalue weighted by Gasteiger charge is -2.14. The molecule has 0 aliphatic heterocycles. The number of rotatable bonds is 4. The minimum atomic E-state index is -3.72. The molecule has 0 spiro atoms. The van der Waals surface area contributed by atoms with Gasteiger partial charge in [-0.05, 0) is 36.1 Å². The molecule has 21 heavy (non-hydrogen) atoms. The molecule has 0 saturated carbocycles. The largest absolute Gasteiger partial charge is 0.397 e. The molecule has 0 aliphatic rings. The fourth-order valence-corrected chi connectivity index (χ4v) is 3.98. The normalized spacial score (nSPS) is 11.5. The van der Waals surface area contributed by atoms with Gasteiger partial charge in [0.1, 0.15) is 0 Å². The van der Waals surface area contributed by atoms with E-state index in [4.69, 9.17) is 11.5 Å². The quantitative estimate of drug-likeness (QED) is 0.850. The highest BCUT2D eigenvalue weighted by Gasteiger charge is 2.24. The van der Waals surface area contributed by atoms with E-state index < -0.39 is 9.84 Å². The molecule has 0 saturated heterocycles. The summed E-state index contributed by atoms with van der Waals surface area (Å²) in [4.78, 5) is 0.253. The molecule has 4 N–H and O–H groups in total. The number of nitrogens with two attached hydrogens (primary N) is 2. The van der Waals surface area contributed by atoms with E-state index in [1.165, 1.54) is 12.1 Å². The second-order valence-corrected chi connectivity index (χ2v) is 6.75. The smallest absolute Gasteiger partial charge is 0.210 e. The SMILES string of the molecule is CCc1cccc(S(=O)(=O)c2cccc(CC)c2N)c1N. The molecular weight excluding hydrogens is 284 g/mol. The summed E-state index contributed by atoms with van der Waals surface area (Å²) in [5.74, 6) is 0. The monoisotopic (exact) mass is 304 g/mol. The van der Waals surface area contributed by atoms with Crippen LogP contribution in [0.3, 0.4) is 0 Å². The van der Waals surface area contributed by atoms with E-state index in [1.54, 1.807) is 12.1 Å². The Bertz CT molecular complexity index is 708. The van der Waals surface area contributed by atoms with E-state index in [0.717, 1.165) is 11.1 Å². The van der Waals surface area contributed by atoms with Crippen LogP contribution in [0.4, 0.5) is 11.4 Å². The van der Waals surface area contributed by atoms with Gasteiger partial charge >= 0.3 is 0 Å². The van der Waals surface area contributed by atoms with Crippen LogP contribution in [0.2, 0.25) is 0 Å². The van der Waals surface area contributed by atoms with Gasteiger partial charge in [-0.2, -0.15) is 0 Å². The third-order valence-corrected chi connectivity index (χ3v) is 5.52. The zero-order valence-electron chi connectivity index (χ0n) is 12.3. The molecule has 2 aromatic rings. The van der Waals surface area contributed by atoms with Gasteiger partial charge in [-0.3, -0.25) is 0 Å². The van der Waals surface area contributed by atoms with Gasteiger partial charge in [0.25, 0.3) is 0 Å². The zero-order valence-corrected chi connectivity index (χ0v) is 13.1. The molecule has 0 unspecified atom stereocenters. The van der Waals surface area contributed by atoms with E-state index in [1.807, 2.05) is 26.0 Å². The molecular formula is C16H20N2O2S. The van der Waals surface area contributed by atoms with Crippen LogP contribution < -0.4 is 11.5 Å². The van der Waals surface area contributed by atoms with Crippen molar-refractivity contribution < 1.29 is 8.42 Å². The van der Waals surface area contributed by atoms with Crippen LogP contribution in [0.15, 0.2) is 46.2 Å². The predicted octanol–water partition coefficient (Wildman–Crippen LogP) is 2.81. The lowest BCUT2D eigenvalue weighted by Crippen LogP contribution is -2.10. The highest BCUT2D eigenvalue weighted by molar-refractivity contribution is 7.91. The molecule has 2 aromatic carbocycles. The second kappa shape index (κ2) is 5.77. The molecule has 0 heterocycles. The Morgan fingerprint density at radius 3 is 1.52 bits per heavy atom. The summed E-state index contributed by atoms with van der Waals surface area (Å²) in [6, 6.07) is 10.1. The Kier molecular flexibility index (Phi) is 4.23. The molecule has 112 valence electrons. The Morgan fingerprint density at radius 2 is 1.19 bits per heavy atom. The van der Waals surface area contributed by atoms with Crippen molar-refractivity contribution in [2.24, 2.45) is 0 Å². The number of hydrogen-bond acceptors (Lipinski definition) is 4. The average molecular weight is 304 g/mol. The van der Waals surface area contributed by atoms with Crippen LogP contribution in [0.25, 0.3) is 0 Å². The van der Waals surface area contributed by atoms with Crippen LogP contribution >= 0.6 is 0 Å². The minimum absolute atomic E-state index is 0.127. The summed E-state index contributed by atoms with van der Waals surface area (Å²) in [5, 5.41) is 0. The molecule has 0 aliphatic carbocycles. The maximum Gasteiger partial charge on any atom is 0.210 e. The predicted molar refractivity (Wildman–Crippen MR) is 85.9 cm³/mol. The van der Waals surface area contributed by atoms with Crippen LogP contribution in [-0.4, -0.2) is 8.42 Å². The molecule has 0 bridgehead atoms. The molecule has 0 atom stereocenters. The van der Waals surface area contributed by atoms with E-state index >= 15 is 0 Å². The molecule has 0 fully saturated rings. The fourth-order valence-electron chi connectivity index (χ4n) is 2.38. The van der Waals surface area contributed by atoms with Crippen molar-refractivity contribution in [2.75, 3.05) is 11.5 Å². The van der Waals surface area contributed by atoms with Gasteiger partial charge in [0.05, 0.1) is 21.2 Å². The average Bonchev–Trinajstić information content (AvgIpc) is 2.47. The zero-order chi connectivity index (χ0) is 15.6. The van der Waals surface area contributed by atoms with Gasteiger partial charge in [0.2, 0.25) is 9.84 Å². The van der Waals surface area contributed by atoms with Gasteiger partial charge in [-0.1, -0.05) is 38.1 Å². The first-order valence-electron chi connectivity index (χ1n) is 6.93. The summed E-state index contributed by atoms with van der Waals surface area (Å²) in [5.41, 5.74) is 14.3.